The molecule has 10 heteroatoms. The van der Waals surface area contributed by atoms with Crippen LogP contribution < -0.4 is 5.73 Å². The third kappa shape index (κ3) is 3.46. The normalized spacial score (nSPS) is 16.9. The Balaban J connectivity index is 1.59. The van der Waals surface area contributed by atoms with Crippen LogP contribution in [0.3, 0.4) is 0 Å². The van der Waals surface area contributed by atoms with Crippen molar-refractivity contribution >= 4 is 16.8 Å². The molecule has 4 heterocycles. The van der Waals surface area contributed by atoms with Gasteiger partial charge in [-0.3, -0.25) is 14.2 Å². The molecule has 1 aromatic carbocycles. The second kappa shape index (κ2) is 7.86. The largest absolute Gasteiger partial charge is 0.366 e. The van der Waals surface area contributed by atoms with Gasteiger partial charge in [0, 0.05) is 29.1 Å². The fraction of sp³-hybridized carbons (Fsp3) is 0.409. The number of likely N-dealkylation sites (tertiary alicyclic amines) is 1. The second-order valence-electron chi connectivity index (χ2n) is 8.43. The second-order valence-corrected chi connectivity index (χ2v) is 8.43. The molecule has 1 atom stereocenters. The average Bonchev–Trinajstić information content (AvgIpc) is 3.55. The fourth-order valence-electron chi connectivity index (χ4n) is 4.55. The lowest BCUT2D eigenvalue weighted by Crippen LogP contribution is -2.29. The van der Waals surface area contributed by atoms with Gasteiger partial charge in [-0.25, -0.2) is 0 Å². The molecule has 1 saturated heterocycles. The molecule has 0 saturated carbocycles. The van der Waals surface area contributed by atoms with Crippen molar-refractivity contribution in [2.24, 2.45) is 5.73 Å². The number of fused-ring (bicyclic) bond motifs is 1. The van der Waals surface area contributed by atoms with Crippen LogP contribution in [0, 0.1) is 6.92 Å². The first-order chi connectivity index (χ1) is 15.4. The summed E-state index contributed by atoms with van der Waals surface area (Å²) >= 11 is 0. The third-order valence-electron chi connectivity index (χ3n) is 6.29. The Morgan fingerprint density at radius 3 is 2.75 bits per heavy atom. The maximum absolute atomic E-state index is 12.1. The van der Waals surface area contributed by atoms with Crippen LogP contribution in [0.15, 0.2) is 24.4 Å². The van der Waals surface area contributed by atoms with Crippen molar-refractivity contribution in [1.82, 2.24) is 39.6 Å². The van der Waals surface area contributed by atoms with Gasteiger partial charge in [0.05, 0.1) is 24.0 Å². The molecular formula is C22H27N9O. The van der Waals surface area contributed by atoms with E-state index in [0.29, 0.717) is 23.3 Å². The predicted octanol–water partition coefficient (Wildman–Crippen LogP) is 2.21. The van der Waals surface area contributed by atoms with Gasteiger partial charge in [-0.05, 0) is 58.5 Å². The molecule has 0 bridgehead atoms. The lowest BCUT2D eigenvalue weighted by Gasteiger charge is -2.19. The zero-order chi connectivity index (χ0) is 22.4. The smallest absolute Gasteiger partial charge is 0.248 e. The quantitative estimate of drug-likeness (QED) is 0.480. The molecule has 0 spiro atoms. The number of aromatic amines is 1. The monoisotopic (exact) mass is 433 g/mol. The Bertz CT molecular complexity index is 1300. The summed E-state index contributed by atoms with van der Waals surface area (Å²) in [6.07, 6.45) is 4.15. The first-order valence-electron chi connectivity index (χ1n) is 10.9. The van der Waals surface area contributed by atoms with Gasteiger partial charge in [-0.1, -0.05) is 0 Å². The van der Waals surface area contributed by atoms with E-state index in [0.717, 1.165) is 53.9 Å². The summed E-state index contributed by atoms with van der Waals surface area (Å²) in [4.78, 5) is 17.8. The molecule has 0 radical (unpaired) electrons. The number of likely N-dealkylation sites (N-methyl/N-ethyl adjacent to an activating group) is 1. The van der Waals surface area contributed by atoms with E-state index in [1.54, 1.807) is 6.07 Å². The Hall–Kier alpha value is -3.53. The molecule has 3 aromatic heterocycles. The first kappa shape index (κ1) is 20.4. The van der Waals surface area contributed by atoms with Crippen molar-refractivity contribution in [1.29, 1.82) is 0 Å². The van der Waals surface area contributed by atoms with Crippen LogP contribution in [0.1, 0.15) is 35.8 Å². The van der Waals surface area contributed by atoms with Crippen molar-refractivity contribution in [2.45, 2.75) is 45.8 Å². The van der Waals surface area contributed by atoms with E-state index in [9.17, 15) is 4.79 Å². The number of carbonyl (C=O) groups excluding carboxylic acids is 1. The minimum atomic E-state index is -0.488. The van der Waals surface area contributed by atoms with Gasteiger partial charge in [-0.2, -0.15) is 10.2 Å². The zero-order valence-corrected chi connectivity index (χ0v) is 18.5. The van der Waals surface area contributed by atoms with E-state index in [1.807, 2.05) is 41.5 Å². The average molecular weight is 434 g/mol. The van der Waals surface area contributed by atoms with Gasteiger partial charge in [-0.15, -0.1) is 10.2 Å². The molecule has 166 valence electrons. The Morgan fingerprint density at radius 2 is 2.03 bits per heavy atom. The Morgan fingerprint density at radius 1 is 1.22 bits per heavy atom. The van der Waals surface area contributed by atoms with Crippen molar-refractivity contribution in [2.75, 3.05) is 13.6 Å². The molecule has 1 amide bonds. The summed E-state index contributed by atoms with van der Waals surface area (Å²) in [5.74, 6) is 0.700. The summed E-state index contributed by atoms with van der Waals surface area (Å²) in [7, 11) is 2.14. The van der Waals surface area contributed by atoms with Gasteiger partial charge in [0.25, 0.3) is 0 Å². The van der Waals surface area contributed by atoms with Crippen molar-refractivity contribution in [3.63, 3.8) is 0 Å². The number of carbonyl (C=O) groups is 1. The molecule has 0 aliphatic carbocycles. The maximum Gasteiger partial charge on any atom is 0.248 e. The van der Waals surface area contributed by atoms with Crippen LogP contribution >= 0.6 is 0 Å². The van der Waals surface area contributed by atoms with Gasteiger partial charge in [0.1, 0.15) is 5.69 Å². The lowest BCUT2D eigenvalue weighted by molar-refractivity contribution is 0.100. The molecule has 3 N–H and O–H groups in total. The minimum absolute atomic E-state index is 0.418. The summed E-state index contributed by atoms with van der Waals surface area (Å²) in [5, 5.41) is 18.8. The third-order valence-corrected chi connectivity index (χ3v) is 6.29. The van der Waals surface area contributed by atoms with E-state index in [1.165, 1.54) is 6.42 Å². The highest BCUT2D eigenvalue weighted by atomic mass is 16.1. The standard InChI is InChI=1S/C22H27N9O/c1-4-30-19(8-13(2)28-30)22-25-21(26-27-22)16-9-14(20(23)32)10-18-17(16)11-24-31(18)12-15-6-5-7-29(15)3/h8-11,15H,4-7,12H2,1-3H3,(H2,23,32)(H,25,26,27)/t15-/m1/s1. The summed E-state index contributed by atoms with van der Waals surface area (Å²) in [6.45, 7) is 6.56. The number of aromatic nitrogens is 7. The number of rotatable bonds is 6. The van der Waals surface area contributed by atoms with E-state index in [4.69, 9.17) is 5.73 Å². The topological polar surface area (TPSA) is 124 Å². The van der Waals surface area contributed by atoms with Crippen LogP contribution in [0.25, 0.3) is 33.8 Å². The highest BCUT2D eigenvalue weighted by molar-refractivity contribution is 6.02. The van der Waals surface area contributed by atoms with Gasteiger partial charge in [0.15, 0.2) is 11.6 Å². The van der Waals surface area contributed by atoms with E-state index in [2.05, 4.69) is 37.3 Å². The molecule has 1 aliphatic rings. The van der Waals surface area contributed by atoms with Crippen LogP contribution in [0.2, 0.25) is 0 Å². The minimum Gasteiger partial charge on any atom is -0.366 e. The molecule has 1 fully saturated rings. The number of nitrogens with two attached hydrogens (primary N) is 1. The lowest BCUT2D eigenvalue weighted by atomic mass is 10.0. The number of hydrogen-bond donors (Lipinski definition) is 2. The highest BCUT2D eigenvalue weighted by Crippen LogP contribution is 2.30. The molecule has 1 aliphatic heterocycles. The van der Waals surface area contributed by atoms with Crippen molar-refractivity contribution in [3.8, 4) is 22.9 Å². The van der Waals surface area contributed by atoms with E-state index in [-0.39, 0.29) is 0 Å². The number of primary amides is 1. The predicted molar refractivity (Wildman–Crippen MR) is 121 cm³/mol. The van der Waals surface area contributed by atoms with Crippen LogP contribution in [-0.4, -0.2) is 65.2 Å². The highest BCUT2D eigenvalue weighted by Gasteiger charge is 2.23. The molecule has 4 aromatic rings. The van der Waals surface area contributed by atoms with Crippen LogP contribution in [0.5, 0.6) is 0 Å². The van der Waals surface area contributed by atoms with Crippen LogP contribution in [-0.2, 0) is 13.1 Å². The number of benzene rings is 1. The summed E-state index contributed by atoms with van der Waals surface area (Å²) < 4.78 is 3.84. The van der Waals surface area contributed by atoms with E-state index >= 15 is 0 Å². The Labute approximate surface area is 185 Å². The number of H-pyrrole nitrogens is 1. The SMILES string of the molecule is CCn1nc(C)cc1-c1nnc(-c2cc(C(N)=O)cc3c2cnn3C[C@H]2CCCN2C)[nH]1. The van der Waals surface area contributed by atoms with Gasteiger partial charge < -0.3 is 15.6 Å². The molecule has 32 heavy (non-hydrogen) atoms. The maximum atomic E-state index is 12.1. The molecule has 5 rings (SSSR count). The number of nitrogens with zero attached hydrogens (tertiary/aromatic N) is 7. The van der Waals surface area contributed by atoms with Gasteiger partial charge >= 0.3 is 0 Å². The molecular weight excluding hydrogens is 406 g/mol. The van der Waals surface area contributed by atoms with E-state index < -0.39 is 5.91 Å². The zero-order valence-electron chi connectivity index (χ0n) is 18.5. The Kier molecular flexibility index (Phi) is 5.01. The number of hydrogen-bond acceptors (Lipinski definition) is 6. The molecule has 10 nitrogen and oxygen atoms in total. The van der Waals surface area contributed by atoms with Gasteiger partial charge in [0.2, 0.25) is 5.91 Å². The van der Waals surface area contributed by atoms with Crippen molar-refractivity contribution in [3.05, 3.63) is 35.7 Å². The fourth-order valence-corrected chi connectivity index (χ4v) is 4.55. The van der Waals surface area contributed by atoms with Crippen LogP contribution in [0.4, 0.5) is 0 Å². The summed E-state index contributed by atoms with van der Waals surface area (Å²) in [6, 6.07) is 5.97. The molecule has 0 unspecified atom stereocenters. The summed E-state index contributed by atoms with van der Waals surface area (Å²) in [5.41, 5.74) is 9.47. The van der Waals surface area contributed by atoms with Crippen molar-refractivity contribution < 1.29 is 4.79 Å². The first-order valence-corrected chi connectivity index (χ1v) is 10.9. The number of amides is 1. The number of aryl methyl sites for hydroxylation is 2. The number of nitrogens with one attached hydrogen (secondary N) is 1.